The Morgan fingerprint density at radius 2 is 2.18 bits per heavy atom. The van der Waals surface area contributed by atoms with Gasteiger partial charge in [-0.1, -0.05) is 13.8 Å². The number of hydrogen-bond acceptors (Lipinski definition) is 2. The van der Waals surface area contributed by atoms with E-state index >= 15 is 0 Å². The summed E-state index contributed by atoms with van der Waals surface area (Å²) in [6.45, 7) is 4.20. The van der Waals surface area contributed by atoms with Crippen LogP contribution in [0.25, 0.3) is 0 Å². The van der Waals surface area contributed by atoms with Crippen LogP contribution in [-0.2, 0) is 0 Å². The maximum Gasteiger partial charge on any atom is 0.115 e. The van der Waals surface area contributed by atoms with Gasteiger partial charge in [-0.25, -0.2) is 0 Å². The normalized spacial score (nSPS) is 36.4. The summed E-state index contributed by atoms with van der Waals surface area (Å²) in [5, 5.41) is 0. The summed E-state index contributed by atoms with van der Waals surface area (Å²) < 4.78 is 0. The molecule has 0 aromatic rings. The molecule has 1 rings (SSSR count). The van der Waals surface area contributed by atoms with Crippen molar-refractivity contribution in [2.24, 2.45) is 5.41 Å². The summed E-state index contributed by atoms with van der Waals surface area (Å²) in [5.74, 6) is 1.80. The third-order valence-corrected chi connectivity index (χ3v) is 4.57. The van der Waals surface area contributed by atoms with Crippen LogP contribution in [0, 0.1) is 5.41 Å². The van der Waals surface area contributed by atoms with Gasteiger partial charge in [0.05, 0.1) is 0 Å². The molecule has 0 fully saturated rings. The number of rotatable bonds is 1. The molecule has 0 saturated carbocycles. The zero-order chi connectivity index (χ0) is 8.54. The van der Waals surface area contributed by atoms with Crippen molar-refractivity contribution in [3.8, 4) is 0 Å². The lowest BCUT2D eigenvalue weighted by atomic mass is 9.85. The molecule has 0 radical (unpaired) electrons. The monoisotopic (exact) mass is 176 g/mol. The van der Waals surface area contributed by atoms with Crippen LogP contribution in [0.2, 0.25) is 0 Å². The summed E-state index contributed by atoms with van der Waals surface area (Å²) in [6.07, 6.45) is 3.67. The Morgan fingerprint density at radius 3 is 2.55 bits per heavy atom. The first-order valence-corrected chi connectivity index (χ1v) is 6.13. The van der Waals surface area contributed by atoms with Gasteiger partial charge in [-0.05, 0) is 30.5 Å². The standard InChI is InChI=1S/C8H17O2P/c1-3-8(2)5-4-6-11(9,10)7-8/h7,9-10H,3-6H2,1-2H3. The number of hydrogen-bond donors (Lipinski definition) is 2. The Bertz CT molecular complexity index is 194. The van der Waals surface area contributed by atoms with Crippen LogP contribution in [0.5, 0.6) is 0 Å². The molecule has 0 saturated heterocycles. The summed E-state index contributed by atoms with van der Waals surface area (Å²) in [5.41, 5.74) is 0.0789. The van der Waals surface area contributed by atoms with E-state index in [9.17, 15) is 9.79 Å². The molecule has 0 bridgehead atoms. The van der Waals surface area contributed by atoms with E-state index in [2.05, 4.69) is 13.8 Å². The first-order valence-electron chi connectivity index (χ1n) is 4.18. The highest BCUT2D eigenvalue weighted by atomic mass is 31.2. The lowest BCUT2D eigenvalue weighted by molar-refractivity contribution is 0.393. The van der Waals surface area contributed by atoms with Crippen molar-refractivity contribution in [3.63, 3.8) is 0 Å². The predicted octanol–water partition coefficient (Wildman–Crippen LogP) is 1.83. The van der Waals surface area contributed by atoms with Gasteiger partial charge >= 0.3 is 0 Å². The van der Waals surface area contributed by atoms with E-state index in [1.807, 2.05) is 0 Å². The lowest BCUT2D eigenvalue weighted by Gasteiger charge is -2.32. The fourth-order valence-corrected chi connectivity index (χ4v) is 3.67. The molecule has 0 spiro atoms. The molecular formula is C8H17O2P. The van der Waals surface area contributed by atoms with Crippen molar-refractivity contribution < 1.29 is 9.79 Å². The van der Waals surface area contributed by atoms with Gasteiger partial charge in [-0.15, -0.1) is 0 Å². The SMILES string of the molecule is CCC1(C)C=P(O)(O)CCC1. The van der Waals surface area contributed by atoms with Gasteiger partial charge in [0.2, 0.25) is 0 Å². The molecule has 1 heterocycles. The summed E-state index contributed by atoms with van der Waals surface area (Å²) >= 11 is 0. The minimum Gasteiger partial charge on any atom is -0.353 e. The van der Waals surface area contributed by atoms with Gasteiger partial charge in [0.15, 0.2) is 0 Å². The molecule has 3 heteroatoms. The molecule has 1 aliphatic heterocycles. The zero-order valence-corrected chi connectivity index (χ0v) is 8.14. The van der Waals surface area contributed by atoms with Crippen LogP contribution < -0.4 is 0 Å². The van der Waals surface area contributed by atoms with E-state index in [1.165, 1.54) is 0 Å². The molecule has 1 aliphatic rings. The highest BCUT2D eigenvalue weighted by molar-refractivity contribution is 7.64. The molecule has 2 N–H and O–H groups in total. The molecule has 0 amide bonds. The van der Waals surface area contributed by atoms with Gasteiger partial charge < -0.3 is 9.79 Å². The second-order valence-electron chi connectivity index (χ2n) is 3.75. The highest BCUT2D eigenvalue weighted by Gasteiger charge is 2.28. The van der Waals surface area contributed by atoms with Gasteiger partial charge in [-0.2, -0.15) is 0 Å². The summed E-state index contributed by atoms with van der Waals surface area (Å²) in [7, 11) is -2.60. The van der Waals surface area contributed by atoms with Gasteiger partial charge in [0.1, 0.15) is 7.34 Å². The fraction of sp³-hybridized carbons (Fsp3) is 0.875. The molecule has 11 heavy (non-hydrogen) atoms. The quantitative estimate of drug-likeness (QED) is 0.598. The largest absolute Gasteiger partial charge is 0.353 e. The van der Waals surface area contributed by atoms with Crippen molar-refractivity contribution in [1.29, 1.82) is 0 Å². The Kier molecular flexibility index (Phi) is 2.48. The summed E-state index contributed by atoms with van der Waals surface area (Å²) in [4.78, 5) is 18.9. The minimum absolute atomic E-state index is 0.0789. The Balaban J connectivity index is 2.87. The average Bonchev–Trinajstić information content (AvgIpc) is 1.85. The molecule has 0 aromatic heterocycles. The second-order valence-corrected chi connectivity index (χ2v) is 6.03. The van der Waals surface area contributed by atoms with Gasteiger partial charge in [-0.3, -0.25) is 0 Å². The van der Waals surface area contributed by atoms with Crippen LogP contribution in [0.3, 0.4) is 0 Å². The van der Waals surface area contributed by atoms with E-state index in [4.69, 9.17) is 0 Å². The highest BCUT2D eigenvalue weighted by Crippen LogP contribution is 2.47. The maximum absolute atomic E-state index is 9.45. The van der Waals surface area contributed by atoms with Crippen LogP contribution in [0.4, 0.5) is 0 Å². The molecule has 0 aliphatic carbocycles. The van der Waals surface area contributed by atoms with Crippen molar-refractivity contribution in [3.05, 3.63) is 0 Å². The topological polar surface area (TPSA) is 40.5 Å². The molecule has 1 unspecified atom stereocenters. The van der Waals surface area contributed by atoms with Crippen LogP contribution in [0.15, 0.2) is 0 Å². The Hall–Kier alpha value is 0.220. The van der Waals surface area contributed by atoms with E-state index in [0.29, 0.717) is 6.16 Å². The summed E-state index contributed by atoms with van der Waals surface area (Å²) in [6, 6.07) is 0. The zero-order valence-electron chi connectivity index (χ0n) is 7.25. The first kappa shape index (κ1) is 9.31. The van der Waals surface area contributed by atoms with Crippen molar-refractivity contribution in [2.45, 2.75) is 33.1 Å². The van der Waals surface area contributed by atoms with E-state index < -0.39 is 7.34 Å². The van der Waals surface area contributed by atoms with E-state index in [1.54, 1.807) is 5.80 Å². The van der Waals surface area contributed by atoms with Crippen molar-refractivity contribution >= 4 is 13.1 Å². The average molecular weight is 176 g/mol. The smallest absolute Gasteiger partial charge is 0.115 e. The van der Waals surface area contributed by atoms with Crippen LogP contribution >= 0.6 is 7.34 Å². The molecule has 66 valence electrons. The van der Waals surface area contributed by atoms with E-state index in [-0.39, 0.29) is 5.41 Å². The molecule has 1 atom stereocenters. The van der Waals surface area contributed by atoms with E-state index in [0.717, 1.165) is 19.3 Å². The third-order valence-electron chi connectivity index (χ3n) is 2.56. The van der Waals surface area contributed by atoms with Crippen molar-refractivity contribution in [2.75, 3.05) is 6.16 Å². The lowest BCUT2D eigenvalue weighted by Crippen LogP contribution is -2.22. The first-order chi connectivity index (χ1) is 4.97. The fourth-order valence-electron chi connectivity index (χ4n) is 1.61. The van der Waals surface area contributed by atoms with Crippen LogP contribution in [-0.4, -0.2) is 21.7 Å². The Morgan fingerprint density at radius 1 is 1.55 bits per heavy atom. The molecule has 0 aromatic carbocycles. The predicted molar refractivity (Wildman–Crippen MR) is 49.9 cm³/mol. The van der Waals surface area contributed by atoms with Crippen molar-refractivity contribution in [1.82, 2.24) is 0 Å². The van der Waals surface area contributed by atoms with Gasteiger partial charge in [0.25, 0.3) is 0 Å². The Labute approximate surface area is 68.4 Å². The molecular weight excluding hydrogens is 159 g/mol. The molecule has 2 nitrogen and oxygen atoms in total. The van der Waals surface area contributed by atoms with Crippen LogP contribution in [0.1, 0.15) is 33.1 Å². The third kappa shape index (κ3) is 2.33. The second kappa shape index (κ2) is 2.93. The minimum atomic E-state index is -2.60. The van der Waals surface area contributed by atoms with Gasteiger partial charge in [0, 0.05) is 6.16 Å². The maximum atomic E-state index is 9.45.